The first kappa shape index (κ1) is 17.4. The normalized spacial score (nSPS) is 11.5. The Morgan fingerprint density at radius 2 is 1.78 bits per heavy atom. The van der Waals surface area contributed by atoms with Gasteiger partial charge in [-0.05, 0) is 23.8 Å². The standard InChI is InChI=1S/C18H25N3O2/c1-18(13-22,14-23)12-19-10-15-8-9-17(20-11-15)21(2)16-6-4-3-5-7-16/h3-9,11,19,22-23H,10,12-14H2,1-2H3. The average Bonchev–Trinajstić information content (AvgIpc) is 2.62. The van der Waals surface area contributed by atoms with E-state index in [-0.39, 0.29) is 13.2 Å². The minimum atomic E-state index is -0.499. The van der Waals surface area contributed by atoms with E-state index in [9.17, 15) is 10.2 Å². The second-order valence-electron chi connectivity index (χ2n) is 6.15. The van der Waals surface area contributed by atoms with Crippen LogP contribution in [0.4, 0.5) is 11.5 Å². The number of rotatable bonds is 8. The largest absolute Gasteiger partial charge is 0.396 e. The third-order valence-electron chi connectivity index (χ3n) is 3.94. The Morgan fingerprint density at radius 3 is 2.35 bits per heavy atom. The zero-order valence-electron chi connectivity index (χ0n) is 13.7. The summed E-state index contributed by atoms with van der Waals surface area (Å²) >= 11 is 0. The Kier molecular flexibility index (Phi) is 6.10. The van der Waals surface area contributed by atoms with Crippen molar-refractivity contribution >= 4 is 11.5 Å². The van der Waals surface area contributed by atoms with Gasteiger partial charge in [0.25, 0.3) is 0 Å². The maximum atomic E-state index is 9.27. The van der Waals surface area contributed by atoms with Crippen molar-refractivity contribution in [1.29, 1.82) is 0 Å². The molecule has 5 heteroatoms. The molecule has 2 aromatic rings. The molecule has 0 aliphatic rings. The first-order valence-electron chi connectivity index (χ1n) is 7.74. The molecule has 3 N–H and O–H groups in total. The zero-order valence-corrected chi connectivity index (χ0v) is 13.7. The van der Waals surface area contributed by atoms with Crippen molar-refractivity contribution in [3.63, 3.8) is 0 Å². The average molecular weight is 315 g/mol. The van der Waals surface area contributed by atoms with Gasteiger partial charge in [-0.2, -0.15) is 0 Å². The molecule has 0 aliphatic carbocycles. The third kappa shape index (κ3) is 4.76. The molecule has 23 heavy (non-hydrogen) atoms. The van der Waals surface area contributed by atoms with E-state index in [1.54, 1.807) is 0 Å². The number of anilines is 2. The molecule has 1 aromatic carbocycles. The molecule has 2 rings (SSSR count). The summed E-state index contributed by atoms with van der Waals surface area (Å²) in [6.07, 6.45) is 1.84. The second-order valence-corrected chi connectivity index (χ2v) is 6.15. The van der Waals surface area contributed by atoms with Crippen molar-refractivity contribution in [2.45, 2.75) is 13.5 Å². The van der Waals surface area contributed by atoms with Crippen molar-refractivity contribution in [3.05, 3.63) is 54.2 Å². The Labute approximate surface area is 137 Å². The molecule has 1 heterocycles. The van der Waals surface area contributed by atoms with Crippen LogP contribution in [0.25, 0.3) is 0 Å². The molecule has 0 aliphatic heterocycles. The molecule has 0 spiro atoms. The van der Waals surface area contributed by atoms with Crippen LogP contribution in [0.5, 0.6) is 0 Å². The van der Waals surface area contributed by atoms with Gasteiger partial charge in [-0.25, -0.2) is 4.98 Å². The molecule has 0 unspecified atom stereocenters. The monoisotopic (exact) mass is 315 g/mol. The number of hydrogen-bond donors (Lipinski definition) is 3. The van der Waals surface area contributed by atoms with Crippen LogP contribution >= 0.6 is 0 Å². The van der Waals surface area contributed by atoms with Crippen molar-refractivity contribution in [2.75, 3.05) is 31.7 Å². The quantitative estimate of drug-likeness (QED) is 0.694. The number of aliphatic hydroxyl groups is 2. The van der Waals surface area contributed by atoms with Crippen LogP contribution in [-0.4, -0.2) is 42.0 Å². The molecular formula is C18H25N3O2. The lowest BCUT2D eigenvalue weighted by Gasteiger charge is -2.25. The number of nitrogens with zero attached hydrogens (tertiary/aromatic N) is 2. The first-order chi connectivity index (χ1) is 11.1. The van der Waals surface area contributed by atoms with E-state index in [4.69, 9.17) is 0 Å². The summed E-state index contributed by atoms with van der Waals surface area (Å²) in [6.45, 7) is 2.95. The summed E-state index contributed by atoms with van der Waals surface area (Å²) < 4.78 is 0. The molecule has 0 radical (unpaired) electrons. The Hall–Kier alpha value is -1.95. The minimum absolute atomic E-state index is 0.0461. The molecule has 5 nitrogen and oxygen atoms in total. The van der Waals surface area contributed by atoms with Gasteiger partial charge in [-0.3, -0.25) is 0 Å². The fourth-order valence-corrected chi connectivity index (χ4v) is 2.17. The van der Waals surface area contributed by atoms with Gasteiger partial charge in [0.2, 0.25) is 0 Å². The van der Waals surface area contributed by atoms with E-state index in [1.165, 1.54) is 0 Å². The summed E-state index contributed by atoms with van der Waals surface area (Å²) in [5.41, 5.74) is 1.65. The highest BCUT2D eigenvalue weighted by molar-refractivity contribution is 5.58. The van der Waals surface area contributed by atoms with Gasteiger partial charge in [0.1, 0.15) is 5.82 Å². The first-order valence-corrected chi connectivity index (χ1v) is 7.74. The Bertz CT molecular complexity index is 583. The van der Waals surface area contributed by atoms with Crippen molar-refractivity contribution in [3.8, 4) is 0 Å². The zero-order chi connectivity index (χ0) is 16.7. The fourth-order valence-electron chi connectivity index (χ4n) is 2.17. The van der Waals surface area contributed by atoms with Crippen LogP contribution in [-0.2, 0) is 6.54 Å². The highest BCUT2D eigenvalue weighted by Gasteiger charge is 2.21. The van der Waals surface area contributed by atoms with Crippen LogP contribution in [0.2, 0.25) is 0 Å². The molecular weight excluding hydrogens is 290 g/mol. The lowest BCUT2D eigenvalue weighted by atomic mass is 9.93. The van der Waals surface area contributed by atoms with Gasteiger partial charge in [-0.15, -0.1) is 0 Å². The van der Waals surface area contributed by atoms with Crippen LogP contribution in [0.3, 0.4) is 0 Å². The fraction of sp³-hybridized carbons (Fsp3) is 0.389. The molecule has 124 valence electrons. The summed E-state index contributed by atoms with van der Waals surface area (Å²) in [6, 6.07) is 14.1. The summed E-state index contributed by atoms with van der Waals surface area (Å²) in [4.78, 5) is 6.53. The van der Waals surface area contributed by atoms with Crippen LogP contribution in [0.15, 0.2) is 48.7 Å². The smallest absolute Gasteiger partial charge is 0.132 e. The Balaban J connectivity index is 1.92. The highest BCUT2D eigenvalue weighted by Crippen LogP contribution is 2.21. The van der Waals surface area contributed by atoms with Crippen molar-refractivity contribution in [1.82, 2.24) is 10.3 Å². The summed E-state index contributed by atoms with van der Waals surface area (Å²) in [7, 11) is 1.99. The van der Waals surface area contributed by atoms with E-state index in [1.807, 2.05) is 67.5 Å². The van der Waals surface area contributed by atoms with Crippen LogP contribution in [0, 0.1) is 5.41 Å². The predicted molar refractivity (Wildman–Crippen MR) is 92.7 cm³/mol. The van der Waals surface area contributed by atoms with Gasteiger partial charge in [0, 0.05) is 37.4 Å². The molecule has 0 atom stereocenters. The maximum Gasteiger partial charge on any atom is 0.132 e. The van der Waals surface area contributed by atoms with Gasteiger partial charge in [0.05, 0.1) is 13.2 Å². The number of nitrogens with one attached hydrogen (secondary N) is 1. The molecule has 1 aromatic heterocycles. The number of para-hydroxylation sites is 1. The SMILES string of the molecule is CN(c1ccccc1)c1ccc(CNCC(C)(CO)CO)cn1. The minimum Gasteiger partial charge on any atom is -0.396 e. The second kappa shape index (κ2) is 8.06. The number of aromatic nitrogens is 1. The van der Waals surface area contributed by atoms with E-state index < -0.39 is 5.41 Å². The Morgan fingerprint density at radius 1 is 1.09 bits per heavy atom. The van der Waals surface area contributed by atoms with Gasteiger partial charge >= 0.3 is 0 Å². The lowest BCUT2D eigenvalue weighted by molar-refractivity contribution is 0.0695. The van der Waals surface area contributed by atoms with E-state index in [0.717, 1.165) is 17.1 Å². The summed E-state index contributed by atoms with van der Waals surface area (Å²) in [5, 5.41) is 21.8. The van der Waals surface area contributed by atoms with E-state index >= 15 is 0 Å². The predicted octanol–water partition coefficient (Wildman–Crippen LogP) is 1.93. The van der Waals surface area contributed by atoms with Crippen molar-refractivity contribution < 1.29 is 10.2 Å². The van der Waals surface area contributed by atoms with Gasteiger partial charge in [-0.1, -0.05) is 31.2 Å². The third-order valence-corrected chi connectivity index (χ3v) is 3.94. The van der Waals surface area contributed by atoms with Crippen LogP contribution in [0.1, 0.15) is 12.5 Å². The molecule has 0 amide bonds. The topological polar surface area (TPSA) is 68.6 Å². The number of benzene rings is 1. The molecule has 0 fully saturated rings. The maximum absolute atomic E-state index is 9.27. The van der Waals surface area contributed by atoms with Gasteiger partial charge in [0.15, 0.2) is 0 Å². The molecule has 0 bridgehead atoms. The molecule has 0 saturated carbocycles. The highest BCUT2D eigenvalue weighted by atomic mass is 16.3. The molecule has 0 saturated heterocycles. The number of hydrogen-bond acceptors (Lipinski definition) is 5. The number of aliphatic hydroxyl groups excluding tert-OH is 2. The van der Waals surface area contributed by atoms with Gasteiger partial charge < -0.3 is 20.4 Å². The lowest BCUT2D eigenvalue weighted by Crippen LogP contribution is -2.37. The van der Waals surface area contributed by atoms with Crippen LogP contribution < -0.4 is 10.2 Å². The van der Waals surface area contributed by atoms with E-state index in [0.29, 0.717) is 13.1 Å². The number of pyridine rings is 1. The van der Waals surface area contributed by atoms with Crippen molar-refractivity contribution in [2.24, 2.45) is 5.41 Å². The summed E-state index contributed by atoms with van der Waals surface area (Å²) in [5.74, 6) is 0.885. The van der Waals surface area contributed by atoms with E-state index in [2.05, 4.69) is 10.3 Å².